The predicted octanol–water partition coefficient (Wildman–Crippen LogP) is 2.69. The fourth-order valence-electron chi connectivity index (χ4n) is 1.10. The SMILES string of the molecule is [CH-]=C/C(=C\[CH]=[V])C1=CC=CCC=C1. The molecule has 0 saturated carbocycles. The Bertz CT molecular complexity index is 314. The average molecular weight is 206 g/mol. The molecule has 0 unspecified atom stereocenters. The van der Waals surface area contributed by atoms with Crippen LogP contribution < -0.4 is 0 Å². The zero-order valence-corrected chi connectivity index (χ0v) is 8.75. The Labute approximate surface area is 88.5 Å². The van der Waals surface area contributed by atoms with Gasteiger partial charge in [0, 0.05) is 0 Å². The van der Waals surface area contributed by atoms with E-state index in [4.69, 9.17) is 6.58 Å². The van der Waals surface area contributed by atoms with E-state index in [0.717, 1.165) is 17.6 Å². The van der Waals surface area contributed by atoms with Crippen molar-refractivity contribution < 1.29 is 17.0 Å². The summed E-state index contributed by atoms with van der Waals surface area (Å²) in [6.07, 6.45) is 15.0. The first-order valence-corrected chi connectivity index (χ1v) is 4.95. The van der Waals surface area contributed by atoms with Gasteiger partial charge >= 0.3 is 88.4 Å². The zero-order valence-electron chi connectivity index (χ0n) is 7.35. The van der Waals surface area contributed by atoms with Gasteiger partial charge in [0.2, 0.25) is 0 Å². The predicted molar refractivity (Wildman–Crippen MR) is 54.0 cm³/mol. The zero-order chi connectivity index (χ0) is 9.52. The van der Waals surface area contributed by atoms with E-state index in [0.29, 0.717) is 0 Å². The van der Waals surface area contributed by atoms with E-state index in [1.165, 1.54) is 0 Å². The second-order valence-corrected chi connectivity index (χ2v) is 3.09. The Morgan fingerprint density at radius 3 is 3.00 bits per heavy atom. The van der Waals surface area contributed by atoms with Crippen LogP contribution in [0.3, 0.4) is 0 Å². The van der Waals surface area contributed by atoms with E-state index < -0.39 is 0 Å². The van der Waals surface area contributed by atoms with Gasteiger partial charge in [0.1, 0.15) is 0 Å². The molecule has 0 aromatic carbocycles. The standard InChI is InChI=1S/C12H11.V/c1-3-11(4-2)12-9-7-5-6-8-10-12;/h1-5,7-10H,6H2;/q-1;/b11-3+;. The van der Waals surface area contributed by atoms with Crippen LogP contribution in [0.5, 0.6) is 0 Å². The Hall–Kier alpha value is -0.846. The van der Waals surface area contributed by atoms with Gasteiger partial charge < -0.3 is 0 Å². The Morgan fingerprint density at radius 1 is 1.46 bits per heavy atom. The molecule has 13 heavy (non-hydrogen) atoms. The molecule has 1 rings (SSSR count). The van der Waals surface area contributed by atoms with Crippen LogP contribution in [0.4, 0.5) is 0 Å². The van der Waals surface area contributed by atoms with Gasteiger partial charge in [0.25, 0.3) is 0 Å². The molecule has 0 heterocycles. The molecule has 0 atom stereocenters. The first-order chi connectivity index (χ1) is 6.38. The van der Waals surface area contributed by atoms with Crippen LogP contribution in [0.1, 0.15) is 6.42 Å². The van der Waals surface area contributed by atoms with Crippen LogP contribution in [-0.4, -0.2) is 4.73 Å². The molecule has 0 saturated heterocycles. The number of hydrogen-bond donors (Lipinski definition) is 0. The summed E-state index contributed by atoms with van der Waals surface area (Å²) in [5.74, 6) is 0. The molecule has 0 aromatic heterocycles. The van der Waals surface area contributed by atoms with Crippen LogP contribution in [0.2, 0.25) is 0 Å². The third kappa shape index (κ3) is 3.18. The molecule has 0 spiro atoms. The van der Waals surface area contributed by atoms with Gasteiger partial charge in [-0.05, 0) is 0 Å². The van der Waals surface area contributed by atoms with Gasteiger partial charge in [-0.3, -0.25) is 0 Å². The Kier molecular flexibility index (Phi) is 4.52. The summed E-state index contributed by atoms with van der Waals surface area (Å²) in [7, 11) is 0. The number of hydrogen-bond acceptors (Lipinski definition) is 0. The van der Waals surface area contributed by atoms with Crippen molar-refractivity contribution in [3.63, 3.8) is 0 Å². The van der Waals surface area contributed by atoms with E-state index in [1.807, 2.05) is 10.8 Å². The van der Waals surface area contributed by atoms with Crippen molar-refractivity contribution in [2.24, 2.45) is 0 Å². The Morgan fingerprint density at radius 2 is 2.31 bits per heavy atom. The fourth-order valence-corrected chi connectivity index (χ4v) is 1.35. The molecule has 0 aromatic rings. The van der Waals surface area contributed by atoms with Crippen molar-refractivity contribution in [2.75, 3.05) is 0 Å². The number of rotatable bonds is 3. The molecule has 65 valence electrons. The second kappa shape index (κ2) is 5.74. The van der Waals surface area contributed by atoms with Crippen molar-refractivity contribution in [2.45, 2.75) is 6.42 Å². The van der Waals surface area contributed by atoms with Gasteiger partial charge in [-0.2, -0.15) is 0 Å². The van der Waals surface area contributed by atoms with Gasteiger partial charge in [-0.1, -0.05) is 0 Å². The monoisotopic (exact) mass is 206 g/mol. The molecule has 1 heteroatoms. The van der Waals surface area contributed by atoms with Crippen LogP contribution in [0, 0.1) is 6.58 Å². The van der Waals surface area contributed by atoms with Crippen molar-refractivity contribution in [3.05, 3.63) is 60.3 Å². The van der Waals surface area contributed by atoms with E-state index >= 15 is 0 Å². The molecule has 0 nitrogen and oxygen atoms in total. The summed E-state index contributed by atoms with van der Waals surface area (Å²) >= 11 is 2.40. The van der Waals surface area contributed by atoms with Crippen molar-refractivity contribution >= 4 is 4.73 Å². The van der Waals surface area contributed by atoms with Crippen LogP contribution >= 0.6 is 0 Å². The van der Waals surface area contributed by atoms with Crippen molar-refractivity contribution in [1.82, 2.24) is 0 Å². The quantitative estimate of drug-likeness (QED) is 0.492. The van der Waals surface area contributed by atoms with E-state index in [-0.39, 0.29) is 0 Å². The maximum atomic E-state index is 5.52. The molecular weight excluding hydrogens is 195 g/mol. The molecule has 1 aliphatic rings. The molecule has 0 aliphatic heterocycles. The van der Waals surface area contributed by atoms with E-state index in [2.05, 4.69) is 47.4 Å². The van der Waals surface area contributed by atoms with Gasteiger partial charge in [-0.25, -0.2) is 0 Å². The second-order valence-electron chi connectivity index (χ2n) is 2.63. The molecule has 0 radical (unpaired) electrons. The molecule has 1 aliphatic carbocycles. The topological polar surface area (TPSA) is 0 Å². The third-order valence-electron chi connectivity index (χ3n) is 1.75. The summed E-state index contributed by atoms with van der Waals surface area (Å²) in [5.41, 5.74) is 2.20. The maximum absolute atomic E-state index is 5.52. The molecular formula is C12H11V-. The molecule has 0 N–H and O–H groups in total. The number of allylic oxidation sites excluding steroid dienone is 9. The molecule has 0 fully saturated rings. The summed E-state index contributed by atoms with van der Waals surface area (Å²) in [4.78, 5) is 0. The van der Waals surface area contributed by atoms with Crippen molar-refractivity contribution in [1.29, 1.82) is 0 Å². The van der Waals surface area contributed by atoms with E-state index in [9.17, 15) is 0 Å². The average Bonchev–Trinajstić information content (AvgIpc) is 2.42. The van der Waals surface area contributed by atoms with Crippen LogP contribution in [0.15, 0.2) is 53.7 Å². The molecule has 0 amide bonds. The minimum absolute atomic E-state index is 0.990. The summed E-state index contributed by atoms with van der Waals surface area (Å²) in [6, 6.07) is 0. The summed E-state index contributed by atoms with van der Waals surface area (Å²) in [6.45, 7) is 5.52. The fraction of sp³-hybridized carbons (Fsp3) is 0.0833. The Balaban J connectivity index is 2.96. The minimum atomic E-state index is 0.990. The van der Waals surface area contributed by atoms with Gasteiger partial charge in [0.15, 0.2) is 0 Å². The summed E-state index contributed by atoms with van der Waals surface area (Å²) in [5, 5.41) is 0. The van der Waals surface area contributed by atoms with Gasteiger partial charge in [0.05, 0.1) is 0 Å². The van der Waals surface area contributed by atoms with Crippen LogP contribution in [-0.2, 0) is 17.0 Å². The van der Waals surface area contributed by atoms with Crippen LogP contribution in [0.25, 0.3) is 0 Å². The third-order valence-corrected chi connectivity index (χ3v) is 1.98. The normalized spacial score (nSPS) is 16.2. The first-order valence-electron chi connectivity index (χ1n) is 4.15. The van der Waals surface area contributed by atoms with E-state index in [1.54, 1.807) is 6.08 Å². The van der Waals surface area contributed by atoms with Crippen molar-refractivity contribution in [3.8, 4) is 0 Å². The summed E-state index contributed by atoms with van der Waals surface area (Å²) < 4.78 is 1.93. The van der Waals surface area contributed by atoms with Gasteiger partial charge in [-0.15, -0.1) is 0 Å². The first kappa shape index (κ1) is 10.2. The molecule has 0 bridgehead atoms.